The van der Waals surface area contributed by atoms with Crippen LogP contribution in [0.2, 0.25) is 0 Å². The van der Waals surface area contributed by atoms with Crippen molar-refractivity contribution in [3.05, 3.63) is 437 Å². The molecule has 14 nitrogen and oxygen atoms in total. The summed E-state index contributed by atoms with van der Waals surface area (Å²) < 4.78 is 15.0. The lowest BCUT2D eigenvalue weighted by Crippen LogP contribution is -2.14. The van der Waals surface area contributed by atoms with Crippen molar-refractivity contribution >= 4 is 162 Å². The largest absolute Gasteiger partial charge is 0.456 e. The molecule has 0 bridgehead atoms. The van der Waals surface area contributed by atoms with E-state index >= 15 is 0 Å². The van der Waals surface area contributed by atoms with E-state index in [4.69, 9.17) is 53.7 Å². The topological polar surface area (TPSA) is 152 Å². The molecule has 0 N–H and O–H groups in total. The Morgan fingerprint density at radius 1 is 0.178 bits per heavy atom. The van der Waals surface area contributed by atoms with E-state index in [0.29, 0.717) is 52.4 Å². The van der Waals surface area contributed by atoms with Gasteiger partial charge in [-0.3, -0.25) is 0 Å². The second kappa shape index (κ2) is 34.5. The van der Waals surface area contributed by atoms with Crippen molar-refractivity contribution in [3.63, 3.8) is 0 Å². The van der Waals surface area contributed by atoms with Crippen molar-refractivity contribution in [3.8, 4) is 102 Å². The van der Waals surface area contributed by atoms with Gasteiger partial charge in [-0.2, -0.15) is 0 Å². The lowest BCUT2D eigenvalue weighted by Gasteiger charge is -2.32. The monoisotopic (exact) mass is 1800 g/mol. The van der Waals surface area contributed by atoms with Gasteiger partial charge in [0.15, 0.2) is 52.4 Å². The van der Waals surface area contributed by atoms with Gasteiger partial charge >= 0.3 is 0 Å². The number of rotatable bonds is 12. The molecule has 636 valence electrons. The number of aromatic nitrogens is 9. The molecular formula is C117H72N12O2S4. The van der Waals surface area contributed by atoms with Crippen LogP contribution in [0.5, 0.6) is 0 Å². The molecule has 18 heteroatoms. The second-order valence-corrected chi connectivity index (χ2v) is 37.0. The highest BCUT2D eigenvalue weighted by Gasteiger charge is 2.30. The van der Waals surface area contributed by atoms with Crippen LogP contribution in [0.3, 0.4) is 0 Å². The molecule has 6 aromatic heterocycles. The molecule has 0 fully saturated rings. The summed E-state index contributed by atoms with van der Waals surface area (Å²) in [4.78, 5) is 59.3. The standard InChI is InChI=1S/2C39H24N4OS.C39H24N4S2/c1-2-11-25(12-3-1)37-40-38(42-39(41-37)30-15-10-14-29-28-13-4-7-18-33(28)44-36(29)30)26-21-23-27(24-22-26)43-31-16-5-8-19-34(31)45-35-20-9-6-17-32(35)43;2*1-2-10-25(11-3-1)37-40-38(42-39(41-37)27-20-23-34-30(24-27)29-12-4-7-15-33(29)44-34)26-18-21-28(22-19-26)43-31-13-5-8-16-35(31)45-36-17-9-6-14-32(36)43/h3*1-24H. The summed E-state index contributed by atoms with van der Waals surface area (Å²) in [7, 11) is 0. The Kier molecular flexibility index (Phi) is 20.5. The van der Waals surface area contributed by atoms with E-state index in [1.165, 1.54) is 83.7 Å². The first-order valence-corrected chi connectivity index (χ1v) is 47.6. The molecule has 24 aromatic rings. The lowest BCUT2D eigenvalue weighted by atomic mass is 10.1. The van der Waals surface area contributed by atoms with E-state index in [-0.39, 0.29) is 0 Å². The fraction of sp³-hybridized carbons (Fsp3) is 0. The highest BCUT2D eigenvalue weighted by molar-refractivity contribution is 8.00. The van der Waals surface area contributed by atoms with Crippen molar-refractivity contribution in [1.82, 2.24) is 44.9 Å². The third-order valence-corrected chi connectivity index (χ3v) is 28.9. The number of thiophene rings is 1. The number of para-hydroxylation sites is 9. The van der Waals surface area contributed by atoms with E-state index in [2.05, 4.69) is 300 Å². The fourth-order valence-corrected chi connectivity index (χ4v) is 22.2. The number of hydrogen-bond donors (Lipinski definition) is 0. The Bertz CT molecular complexity index is 8210. The number of furan rings is 2. The van der Waals surface area contributed by atoms with Crippen molar-refractivity contribution in [1.29, 1.82) is 0 Å². The number of nitrogens with zero attached hydrogens (tertiary/aromatic N) is 12. The van der Waals surface area contributed by atoms with E-state index in [1.54, 1.807) is 11.8 Å². The van der Waals surface area contributed by atoms with Crippen LogP contribution in [0.4, 0.5) is 51.2 Å². The van der Waals surface area contributed by atoms with E-state index < -0.39 is 0 Å². The number of hydrogen-bond acceptors (Lipinski definition) is 18. The first-order valence-electron chi connectivity index (χ1n) is 44.3. The maximum absolute atomic E-state index is 6.36. The Labute approximate surface area is 792 Å². The van der Waals surface area contributed by atoms with Gasteiger partial charge in [0.25, 0.3) is 0 Å². The summed E-state index contributed by atoms with van der Waals surface area (Å²) in [5.41, 5.74) is 21.9. The molecule has 0 unspecified atom stereocenters. The molecule has 0 amide bonds. The molecular weight excluding hydrogens is 1730 g/mol. The summed E-state index contributed by atoms with van der Waals surface area (Å²) in [5.74, 6) is 5.63. The van der Waals surface area contributed by atoms with Crippen molar-refractivity contribution in [2.45, 2.75) is 29.4 Å². The van der Waals surface area contributed by atoms with Crippen LogP contribution in [-0.2, 0) is 0 Å². The maximum atomic E-state index is 6.36. The zero-order valence-electron chi connectivity index (χ0n) is 71.9. The molecule has 9 heterocycles. The number of fused-ring (bicyclic) bond motifs is 15. The minimum Gasteiger partial charge on any atom is -0.456 e. The maximum Gasteiger partial charge on any atom is 0.167 e. The molecule has 3 aliphatic rings. The molecule has 0 saturated heterocycles. The van der Waals surface area contributed by atoms with Crippen LogP contribution >= 0.6 is 46.6 Å². The molecule has 0 spiro atoms. The van der Waals surface area contributed by atoms with Gasteiger partial charge in [-0.1, -0.05) is 266 Å². The summed E-state index contributed by atoms with van der Waals surface area (Å²) in [6.45, 7) is 0. The smallest absolute Gasteiger partial charge is 0.167 e. The quantitative estimate of drug-likeness (QED) is 0.114. The highest BCUT2D eigenvalue weighted by Crippen LogP contribution is 2.55. The summed E-state index contributed by atoms with van der Waals surface area (Å²) in [5, 5.41) is 6.70. The first-order chi connectivity index (χ1) is 66.9. The van der Waals surface area contributed by atoms with Crippen LogP contribution in [0.25, 0.3) is 167 Å². The van der Waals surface area contributed by atoms with Crippen LogP contribution < -0.4 is 14.7 Å². The number of anilines is 9. The first kappa shape index (κ1) is 80.3. The van der Waals surface area contributed by atoms with E-state index in [0.717, 1.165) is 111 Å². The van der Waals surface area contributed by atoms with Crippen molar-refractivity contribution in [2.75, 3.05) is 14.7 Å². The molecule has 0 aliphatic carbocycles. The molecule has 3 aliphatic heterocycles. The van der Waals surface area contributed by atoms with Gasteiger partial charge in [0, 0.05) is 133 Å². The molecule has 0 saturated carbocycles. The Balaban J connectivity index is 0.000000108. The summed E-state index contributed by atoms with van der Waals surface area (Å²) in [6, 6.07) is 151. The third kappa shape index (κ3) is 15.2. The van der Waals surface area contributed by atoms with Crippen molar-refractivity contribution in [2.24, 2.45) is 0 Å². The average molecular weight is 1810 g/mol. The zero-order valence-corrected chi connectivity index (χ0v) is 75.2. The van der Waals surface area contributed by atoms with Crippen LogP contribution in [-0.4, -0.2) is 44.9 Å². The normalized spacial score (nSPS) is 12.3. The van der Waals surface area contributed by atoms with Gasteiger partial charge in [0.05, 0.1) is 39.7 Å². The minimum atomic E-state index is 0.573. The third-order valence-electron chi connectivity index (χ3n) is 24.4. The van der Waals surface area contributed by atoms with Gasteiger partial charge in [0.1, 0.15) is 22.3 Å². The average Bonchev–Trinajstić information content (AvgIpc) is 1.75. The SMILES string of the molecule is c1ccc(-c2nc(-c3ccc(N4c5ccccc5Sc5ccccc54)cc3)nc(-c3ccc4oc5ccccc5c4c3)n2)cc1.c1ccc(-c2nc(-c3ccc(N4c5ccccc5Sc5ccccc54)cc3)nc(-c3ccc4sc5ccccc5c4c3)n2)cc1.c1ccc(-c2nc(-c3ccc(N4c5ccccc5Sc5ccccc54)cc3)nc(-c3cccc4c3oc3ccccc34)n2)cc1. The van der Waals surface area contributed by atoms with Crippen molar-refractivity contribution < 1.29 is 8.83 Å². The van der Waals surface area contributed by atoms with Gasteiger partial charge in [-0.05, 0) is 206 Å². The predicted octanol–water partition coefficient (Wildman–Crippen LogP) is 32.6. The van der Waals surface area contributed by atoms with Crippen LogP contribution in [0, 0.1) is 0 Å². The zero-order chi connectivity index (χ0) is 89.2. The van der Waals surface area contributed by atoms with E-state index in [1.807, 2.05) is 187 Å². The van der Waals surface area contributed by atoms with Crippen LogP contribution in [0.15, 0.2) is 475 Å². The predicted molar refractivity (Wildman–Crippen MR) is 552 cm³/mol. The molecule has 135 heavy (non-hydrogen) atoms. The lowest BCUT2D eigenvalue weighted by molar-refractivity contribution is 0.669. The molecule has 27 rings (SSSR count). The minimum absolute atomic E-state index is 0.573. The van der Waals surface area contributed by atoms with Crippen LogP contribution in [0.1, 0.15) is 0 Å². The second-order valence-electron chi connectivity index (χ2n) is 32.7. The molecule has 0 atom stereocenters. The van der Waals surface area contributed by atoms with Gasteiger partial charge in [0.2, 0.25) is 0 Å². The van der Waals surface area contributed by atoms with Gasteiger partial charge in [-0.15, -0.1) is 11.3 Å². The van der Waals surface area contributed by atoms with E-state index in [9.17, 15) is 0 Å². The Morgan fingerprint density at radius 2 is 0.452 bits per heavy atom. The molecule has 18 aromatic carbocycles. The van der Waals surface area contributed by atoms with Gasteiger partial charge in [-0.25, -0.2) is 44.9 Å². The summed E-state index contributed by atoms with van der Waals surface area (Å²) in [6.07, 6.45) is 0. The Hall–Kier alpha value is -16.7. The molecule has 0 radical (unpaired) electrons. The fourth-order valence-electron chi connectivity index (χ4n) is 17.9. The highest BCUT2D eigenvalue weighted by atomic mass is 32.2. The van der Waals surface area contributed by atoms with Gasteiger partial charge < -0.3 is 23.5 Å². The Morgan fingerprint density at radius 3 is 0.852 bits per heavy atom. The summed E-state index contributed by atoms with van der Waals surface area (Å²) >= 11 is 7.24. The number of benzene rings is 18.